The van der Waals surface area contributed by atoms with Crippen LogP contribution in [0.1, 0.15) is 43.3 Å². The molecule has 0 spiro atoms. The number of anilines is 1. The summed E-state index contributed by atoms with van der Waals surface area (Å²) in [5.41, 5.74) is 9.00. The van der Waals surface area contributed by atoms with Crippen molar-refractivity contribution in [3.63, 3.8) is 0 Å². The van der Waals surface area contributed by atoms with Gasteiger partial charge in [0.25, 0.3) is 0 Å². The molecule has 0 saturated heterocycles. The van der Waals surface area contributed by atoms with Crippen LogP contribution in [0.15, 0.2) is 18.2 Å². The van der Waals surface area contributed by atoms with E-state index in [-0.39, 0.29) is 5.41 Å². The number of rotatable bonds is 2. The quantitative estimate of drug-likeness (QED) is 0.903. The van der Waals surface area contributed by atoms with Gasteiger partial charge in [-0.1, -0.05) is 26.8 Å². The van der Waals surface area contributed by atoms with Crippen molar-refractivity contribution in [2.45, 2.75) is 47.0 Å². The number of nitrogens with two attached hydrogens (primary N) is 1. The van der Waals surface area contributed by atoms with Crippen LogP contribution in [-0.4, -0.2) is 9.97 Å². The maximum atomic E-state index is 5.99. The molecule has 2 rings (SSSR count). The fourth-order valence-electron chi connectivity index (χ4n) is 1.84. The van der Waals surface area contributed by atoms with Gasteiger partial charge < -0.3 is 10.5 Å². The molecule has 0 atom stereocenters. The molecule has 2 N–H and O–H groups in total. The van der Waals surface area contributed by atoms with Gasteiger partial charge in [-0.05, 0) is 44.0 Å². The minimum Gasteiger partial charge on any atom is -0.439 e. The van der Waals surface area contributed by atoms with E-state index in [1.165, 1.54) is 11.1 Å². The normalized spacial score (nSPS) is 11.5. The molecule has 0 bridgehead atoms. The van der Waals surface area contributed by atoms with Crippen molar-refractivity contribution in [1.82, 2.24) is 9.97 Å². The Bertz CT molecular complexity index is 672. The van der Waals surface area contributed by atoms with Crippen molar-refractivity contribution < 1.29 is 4.74 Å². The third-order valence-corrected chi connectivity index (χ3v) is 3.50. The predicted molar refractivity (Wildman–Crippen MR) is 85.9 cm³/mol. The molecular weight excluding hydrogens is 262 g/mol. The summed E-state index contributed by atoms with van der Waals surface area (Å²) >= 11 is 0. The molecule has 1 aromatic carbocycles. The maximum absolute atomic E-state index is 5.99. The Morgan fingerprint density at radius 3 is 2.24 bits per heavy atom. The molecule has 112 valence electrons. The molecule has 0 aliphatic heterocycles. The van der Waals surface area contributed by atoms with E-state index in [9.17, 15) is 0 Å². The summed E-state index contributed by atoms with van der Waals surface area (Å²) in [6, 6.07) is 5.98. The maximum Gasteiger partial charge on any atom is 0.227 e. The van der Waals surface area contributed by atoms with E-state index >= 15 is 0 Å². The standard InChI is InChI=1S/C17H23N3O/c1-10-7-8-13(9-11(10)2)21-15-12(3)14(18)19-16(20-15)17(4,5)6/h7-9H,1-6H3,(H2,18,19,20). The van der Waals surface area contributed by atoms with Crippen LogP contribution < -0.4 is 10.5 Å². The van der Waals surface area contributed by atoms with Gasteiger partial charge in [0.05, 0.1) is 5.56 Å². The number of ether oxygens (including phenoxy) is 1. The van der Waals surface area contributed by atoms with Crippen LogP contribution >= 0.6 is 0 Å². The number of hydrogen-bond donors (Lipinski definition) is 1. The van der Waals surface area contributed by atoms with E-state index in [1.54, 1.807) is 0 Å². The Labute approximate surface area is 126 Å². The Kier molecular flexibility index (Phi) is 3.90. The lowest BCUT2D eigenvalue weighted by molar-refractivity contribution is 0.442. The summed E-state index contributed by atoms with van der Waals surface area (Å²) in [4.78, 5) is 8.90. The average molecular weight is 285 g/mol. The van der Waals surface area contributed by atoms with Crippen LogP contribution in [0.3, 0.4) is 0 Å². The van der Waals surface area contributed by atoms with Crippen LogP contribution in [0, 0.1) is 20.8 Å². The molecule has 0 radical (unpaired) electrons. The lowest BCUT2D eigenvalue weighted by Crippen LogP contribution is -2.18. The highest BCUT2D eigenvalue weighted by molar-refractivity contribution is 5.47. The Balaban J connectivity index is 2.43. The number of benzene rings is 1. The third kappa shape index (κ3) is 3.32. The third-order valence-electron chi connectivity index (χ3n) is 3.50. The summed E-state index contributed by atoms with van der Waals surface area (Å²) in [7, 11) is 0. The van der Waals surface area contributed by atoms with Gasteiger partial charge in [-0.2, -0.15) is 4.98 Å². The Morgan fingerprint density at radius 2 is 1.67 bits per heavy atom. The van der Waals surface area contributed by atoms with Crippen molar-refractivity contribution in [2.24, 2.45) is 0 Å². The molecule has 21 heavy (non-hydrogen) atoms. The Hall–Kier alpha value is -2.10. The molecule has 0 aliphatic rings. The number of nitrogens with zero attached hydrogens (tertiary/aromatic N) is 2. The largest absolute Gasteiger partial charge is 0.439 e. The number of nitrogen functional groups attached to an aromatic ring is 1. The van der Waals surface area contributed by atoms with E-state index in [2.05, 4.69) is 44.6 Å². The van der Waals surface area contributed by atoms with E-state index in [0.29, 0.717) is 17.5 Å². The zero-order valence-corrected chi connectivity index (χ0v) is 13.6. The van der Waals surface area contributed by atoms with Crippen molar-refractivity contribution in [3.05, 3.63) is 40.7 Å². The SMILES string of the molecule is Cc1ccc(Oc2nc(C(C)(C)C)nc(N)c2C)cc1C. The van der Waals surface area contributed by atoms with Crippen molar-refractivity contribution in [1.29, 1.82) is 0 Å². The van der Waals surface area contributed by atoms with Gasteiger partial charge in [-0.15, -0.1) is 0 Å². The van der Waals surface area contributed by atoms with E-state index in [1.807, 2.05) is 25.1 Å². The van der Waals surface area contributed by atoms with Gasteiger partial charge in [0, 0.05) is 5.41 Å². The topological polar surface area (TPSA) is 61.0 Å². The predicted octanol–water partition coefficient (Wildman–Crippen LogP) is 4.07. The van der Waals surface area contributed by atoms with Crippen molar-refractivity contribution in [2.75, 3.05) is 5.73 Å². The smallest absolute Gasteiger partial charge is 0.227 e. The minimum absolute atomic E-state index is 0.177. The molecule has 1 aromatic heterocycles. The lowest BCUT2D eigenvalue weighted by atomic mass is 9.95. The van der Waals surface area contributed by atoms with Crippen LogP contribution in [-0.2, 0) is 5.41 Å². The molecule has 0 amide bonds. The zero-order chi connectivity index (χ0) is 15.8. The first-order valence-corrected chi connectivity index (χ1v) is 7.08. The van der Waals surface area contributed by atoms with Crippen LogP contribution in [0.25, 0.3) is 0 Å². The van der Waals surface area contributed by atoms with Crippen LogP contribution in [0.5, 0.6) is 11.6 Å². The highest BCUT2D eigenvalue weighted by Gasteiger charge is 2.21. The highest BCUT2D eigenvalue weighted by atomic mass is 16.5. The van der Waals surface area contributed by atoms with Gasteiger partial charge >= 0.3 is 0 Å². The molecule has 4 heteroatoms. The minimum atomic E-state index is -0.177. The molecular formula is C17H23N3O. The van der Waals surface area contributed by atoms with Gasteiger partial charge in [0.15, 0.2) is 0 Å². The fourth-order valence-corrected chi connectivity index (χ4v) is 1.84. The molecule has 2 aromatic rings. The fraction of sp³-hybridized carbons (Fsp3) is 0.412. The summed E-state index contributed by atoms with van der Waals surface area (Å²) < 4.78 is 5.93. The number of aryl methyl sites for hydroxylation is 2. The lowest BCUT2D eigenvalue weighted by Gasteiger charge is -2.19. The molecule has 0 unspecified atom stereocenters. The van der Waals surface area contributed by atoms with Gasteiger partial charge in [-0.3, -0.25) is 0 Å². The molecule has 0 aliphatic carbocycles. The van der Waals surface area contributed by atoms with Gasteiger partial charge in [0.2, 0.25) is 5.88 Å². The number of hydrogen-bond acceptors (Lipinski definition) is 4. The molecule has 4 nitrogen and oxygen atoms in total. The first kappa shape index (κ1) is 15.3. The summed E-state index contributed by atoms with van der Waals surface area (Å²) in [6.07, 6.45) is 0. The highest BCUT2D eigenvalue weighted by Crippen LogP contribution is 2.30. The van der Waals surface area contributed by atoms with Gasteiger partial charge in [0.1, 0.15) is 17.4 Å². The first-order chi connectivity index (χ1) is 9.68. The van der Waals surface area contributed by atoms with Crippen LogP contribution in [0.4, 0.5) is 5.82 Å². The molecule has 0 fully saturated rings. The van der Waals surface area contributed by atoms with Crippen molar-refractivity contribution >= 4 is 5.82 Å². The first-order valence-electron chi connectivity index (χ1n) is 7.08. The Morgan fingerprint density at radius 1 is 1.00 bits per heavy atom. The monoisotopic (exact) mass is 285 g/mol. The van der Waals surface area contributed by atoms with Crippen molar-refractivity contribution in [3.8, 4) is 11.6 Å². The second-order valence-corrected chi connectivity index (χ2v) is 6.46. The summed E-state index contributed by atoms with van der Waals surface area (Å²) in [5, 5.41) is 0. The summed E-state index contributed by atoms with van der Waals surface area (Å²) in [5.74, 6) is 2.44. The number of aromatic nitrogens is 2. The molecule has 0 saturated carbocycles. The average Bonchev–Trinajstić information content (AvgIpc) is 2.38. The van der Waals surface area contributed by atoms with E-state index in [0.717, 1.165) is 11.3 Å². The van der Waals surface area contributed by atoms with E-state index < -0.39 is 0 Å². The van der Waals surface area contributed by atoms with Crippen LogP contribution in [0.2, 0.25) is 0 Å². The summed E-state index contributed by atoms with van der Waals surface area (Å²) in [6.45, 7) is 12.2. The second-order valence-electron chi connectivity index (χ2n) is 6.46. The second kappa shape index (κ2) is 5.35. The van der Waals surface area contributed by atoms with Gasteiger partial charge in [-0.25, -0.2) is 4.98 Å². The molecule has 1 heterocycles. The zero-order valence-electron chi connectivity index (χ0n) is 13.6. The van der Waals surface area contributed by atoms with E-state index in [4.69, 9.17) is 10.5 Å².